The van der Waals surface area contributed by atoms with E-state index in [1.54, 1.807) is 31.2 Å². The van der Waals surface area contributed by atoms with Crippen molar-refractivity contribution in [1.29, 1.82) is 0 Å². The van der Waals surface area contributed by atoms with Gasteiger partial charge in [0.1, 0.15) is 0 Å². The number of rotatable bonds is 4. The van der Waals surface area contributed by atoms with Gasteiger partial charge in [0, 0.05) is 23.8 Å². The van der Waals surface area contributed by atoms with Crippen molar-refractivity contribution in [2.24, 2.45) is 11.8 Å². The summed E-state index contributed by atoms with van der Waals surface area (Å²) in [6.45, 7) is 4.72. The number of hydrogen-bond acceptors (Lipinski definition) is 3. The fourth-order valence-electron chi connectivity index (χ4n) is 2.59. The number of carbonyl (C=O) groups is 2. The highest BCUT2D eigenvalue weighted by Gasteiger charge is 2.38. The van der Waals surface area contributed by atoms with Crippen LogP contribution in [-0.4, -0.2) is 41.0 Å². The lowest BCUT2D eigenvalue weighted by molar-refractivity contribution is -0.142. The summed E-state index contributed by atoms with van der Waals surface area (Å²) in [5, 5.41) is 12.6. The van der Waals surface area contributed by atoms with Crippen molar-refractivity contribution in [1.82, 2.24) is 4.90 Å². The zero-order valence-electron chi connectivity index (χ0n) is 12.0. The van der Waals surface area contributed by atoms with E-state index < -0.39 is 11.9 Å². The number of likely N-dealkylation sites (tertiary alicyclic amines) is 1. The van der Waals surface area contributed by atoms with E-state index in [4.69, 9.17) is 16.7 Å². The van der Waals surface area contributed by atoms with Crippen LogP contribution in [0.5, 0.6) is 0 Å². The normalized spacial score (nSPS) is 23.8. The largest absolute Gasteiger partial charge is 0.481 e. The number of carboxylic acids is 1. The molecule has 1 aromatic rings. The van der Waals surface area contributed by atoms with Crippen LogP contribution in [-0.2, 0) is 9.59 Å². The van der Waals surface area contributed by atoms with Gasteiger partial charge in [-0.05, 0) is 37.1 Å². The maximum Gasteiger partial charge on any atom is 0.308 e. The summed E-state index contributed by atoms with van der Waals surface area (Å²) in [7, 11) is 0. The lowest BCUT2D eigenvalue weighted by atomic mass is 9.99. The average Bonchev–Trinajstić information content (AvgIpc) is 2.82. The second-order valence-corrected chi connectivity index (χ2v) is 5.98. The molecule has 0 saturated carbocycles. The number of nitrogens with one attached hydrogen (secondary N) is 1. The topological polar surface area (TPSA) is 69.6 Å². The number of carboxylic acid groups (broad SMARTS) is 1. The Kier molecular flexibility index (Phi) is 4.85. The fraction of sp³-hybridized carbons (Fsp3) is 0.467. The third-order valence-electron chi connectivity index (χ3n) is 4.00. The van der Waals surface area contributed by atoms with Crippen LogP contribution in [0, 0.1) is 11.8 Å². The second-order valence-electron chi connectivity index (χ2n) is 5.55. The summed E-state index contributed by atoms with van der Waals surface area (Å²) in [6, 6.07) is 6.52. The standard InChI is InChI=1S/C15H19ClN2O3/c1-9-7-18(8-13(9)15(20)21)10(2)14(19)17-12-5-3-11(16)4-6-12/h3-6,9-10,13H,7-8H2,1-2H3,(H,17,19)(H,20,21)/t9-,10?,13-/m1/s1. The molecular weight excluding hydrogens is 292 g/mol. The third kappa shape index (κ3) is 3.74. The molecule has 1 heterocycles. The van der Waals surface area contributed by atoms with Crippen LogP contribution in [0.1, 0.15) is 13.8 Å². The van der Waals surface area contributed by atoms with Gasteiger partial charge >= 0.3 is 5.97 Å². The van der Waals surface area contributed by atoms with Gasteiger partial charge in [0.15, 0.2) is 0 Å². The molecule has 6 heteroatoms. The molecule has 2 N–H and O–H groups in total. The molecular formula is C15H19ClN2O3. The highest BCUT2D eigenvalue weighted by atomic mass is 35.5. The van der Waals surface area contributed by atoms with Crippen molar-refractivity contribution in [2.75, 3.05) is 18.4 Å². The first-order chi connectivity index (χ1) is 9.88. The quantitative estimate of drug-likeness (QED) is 0.895. The van der Waals surface area contributed by atoms with E-state index in [1.165, 1.54) is 0 Å². The number of hydrogen-bond donors (Lipinski definition) is 2. The molecule has 1 saturated heterocycles. The predicted octanol–water partition coefficient (Wildman–Crippen LogP) is 2.32. The first kappa shape index (κ1) is 15.8. The lowest BCUT2D eigenvalue weighted by Crippen LogP contribution is -2.41. The fourth-order valence-corrected chi connectivity index (χ4v) is 2.71. The van der Waals surface area contributed by atoms with Gasteiger partial charge in [-0.3, -0.25) is 14.5 Å². The number of aliphatic carboxylic acids is 1. The molecule has 0 bridgehead atoms. The molecule has 0 aromatic heterocycles. The summed E-state index contributed by atoms with van der Waals surface area (Å²) >= 11 is 5.80. The zero-order chi connectivity index (χ0) is 15.6. The van der Waals surface area contributed by atoms with Crippen molar-refractivity contribution >= 4 is 29.2 Å². The molecule has 1 amide bonds. The van der Waals surface area contributed by atoms with E-state index in [0.29, 0.717) is 23.8 Å². The Labute approximate surface area is 128 Å². The maximum absolute atomic E-state index is 12.2. The molecule has 0 aliphatic carbocycles. The minimum Gasteiger partial charge on any atom is -0.481 e. The number of nitrogens with zero attached hydrogens (tertiary/aromatic N) is 1. The Morgan fingerprint density at radius 1 is 1.33 bits per heavy atom. The summed E-state index contributed by atoms with van der Waals surface area (Å²) in [5.41, 5.74) is 0.679. The smallest absolute Gasteiger partial charge is 0.308 e. The summed E-state index contributed by atoms with van der Waals surface area (Å²) < 4.78 is 0. The van der Waals surface area contributed by atoms with E-state index >= 15 is 0 Å². The highest BCUT2D eigenvalue weighted by molar-refractivity contribution is 6.30. The van der Waals surface area contributed by atoms with Crippen molar-refractivity contribution < 1.29 is 14.7 Å². The van der Waals surface area contributed by atoms with Crippen LogP contribution in [0.4, 0.5) is 5.69 Å². The van der Waals surface area contributed by atoms with E-state index in [9.17, 15) is 9.59 Å². The molecule has 3 atom stereocenters. The molecule has 1 fully saturated rings. The van der Waals surface area contributed by atoms with E-state index in [2.05, 4.69) is 5.32 Å². The van der Waals surface area contributed by atoms with E-state index in [1.807, 2.05) is 11.8 Å². The molecule has 5 nitrogen and oxygen atoms in total. The lowest BCUT2D eigenvalue weighted by Gasteiger charge is -2.23. The Morgan fingerprint density at radius 3 is 2.48 bits per heavy atom. The molecule has 1 unspecified atom stereocenters. The monoisotopic (exact) mass is 310 g/mol. The molecule has 1 aromatic carbocycles. The number of carbonyl (C=O) groups excluding carboxylic acids is 1. The first-order valence-electron chi connectivity index (χ1n) is 6.91. The van der Waals surface area contributed by atoms with Gasteiger partial charge in [-0.1, -0.05) is 18.5 Å². The Bertz CT molecular complexity index is 532. The van der Waals surface area contributed by atoms with Crippen molar-refractivity contribution in [3.05, 3.63) is 29.3 Å². The van der Waals surface area contributed by atoms with E-state index in [-0.39, 0.29) is 17.9 Å². The van der Waals surface area contributed by atoms with Gasteiger partial charge in [-0.25, -0.2) is 0 Å². The number of halogens is 1. The Hall–Kier alpha value is -1.59. The van der Waals surface area contributed by atoms with E-state index in [0.717, 1.165) is 0 Å². The zero-order valence-corrected chi connectivity index (χ0v) is 12.8. The number of amides is 1. The van der Waals surface area contributed by atoms with Crippen LogP contribution in [0.2, 0.25) is 5.02 Å². The SMILES string of the molecule is CC(C(=O)Nc1ccc(Cl)cc1)N1C[C@@H](C)[C@H](C(=O)O)C1. The van der Waals surface area contributed by atoms with Crippen molar-refractivity contribution in [3.8, 4) is 0 Å². The predicted molar refractivity (Wildman–Crippen MR) is 81.4 cm³/mol. The molecule has 1 aliphatic rings. The van der Waals surface area contributed by atoms with Crippen molar-refractivity contribution in [2.45, 2.75) is 19.9 Å². The van der Waals surface area contributed by atoms with Gasteiger partial charge < -0.3 is 10.4 Å². The Balaban J connectivity index is 1.97. The summed E-state index contributed by atoms with van der Waals surface area (Å²) in [5.74, 6) is -1.30. The molecule has 0 radical (unpaired) electrons. The maximum atomic E-state index is 12.2. The first-order valence-corrected chi connectivity index (χ1v) is 7.29. The van der Waals surface area contributed by atoms with Gasteiger partial charge in [0.2, 0.25) is 5.91 Å². The van der Waals surface area contributed by atoms with Gasteiger partial charge in [-0.2, -0.15) is 0 Å². The summed E-state index contributed by atoms with van der Waals surface area (Å²) in [6.07, 6.45) is 0. The van der Waals surface area contributed by atoms with Crippen LogP contribution < -0.4 is 5.32 Å². The minimum atomic E-state index is -0.796. The number of benzene rings is 1. The highest BCUT2D eigenvalue weighted by Crippen LogP contribution is 2.25. The molecule has 2 rings (SSSR count). The van der Waals surface area contributed by atoms with Gasteiger partial charge in [0.05, 0.1) is 12.0 Å². The molecule has 0 spiro atoms. The summed E-state index contributed by atoms with van der Waals surface area (Å²) in [4.78, 5) is 25.3. The minimum absolute atomic E-state index is 0.0493. The van der Waals surface area contributed by atoms with Crippen LogP contribution in [0.3, 0.4) is 0 Å². The van der Waals surface area contributed by atoms with Crippen LogP contribution in [0.25, 0.3) is 0 Å². The Morgan fingerprint density at radius 2 is 1.95 bits per heavy atom. The average molecular weight is 311 g/mol. The van der Waals surface area contributed by atoms with Gasteiger partial charge in [0.25, 0.3) is 0 Å². The van der Waals surface area contributed by atoms with Crippen molar-refractivity contribution in [3.63, 3.8) is 0 Å². The third-order valence-corrected chi connectivity index (χ3v) is 4.25. The van der Waals surface area contributed by atoms with Crippen LogP contribution >= 0.6 is 11.6 Å². The molecule has 114 valence electrons. The van der Waals surface area contributed by atoms with Crippen LogP contribution in [0.15, 0.2) is 24.3 Å². The molecule has 1 aliphatic heterocycles. The molecule has 21 heavy (non-hydrogen) atoms. The second kappa shape index (κ2) is 6.45. The van der Waals surface area contributed by atoms with Gasteiger partial charge in [-0.15, -0.1) is 0 Å². The number of anilines is 1.